The highest BCUT2D eigenvalue weighted by molar-refractivity contribution is 7.80. The van der Waals surface area contributed by atoms with Crippen LogP contribution >= 0.6 is 93.3 Å². The summed E-state index contributed by atoms with van der Waals surface area (Å²) in [5.41, 5.74) is 6.94. The molecule has 6 aromatic heterocycles. The lowest BCUT2D eigenvalue weighted by atomic mass is 9.91. The maximum absolute atomic E-state index is 6.46. The van der Waals surface area contributed by atoms with Crippen LogP contribution in [0.25, 0.3) is 71.7 Å². The van der Waals surface area contributed by atoms with Gasteiger partial charge in [-0.1, -0.05) is 60.7 Å². The van der Waals surface area contributed by atoms with E-state index in [1.54, 1.807) is 45.3 Å². The van der Waals surface area contributed by atoms with Gasteiger partial charge in [-0.05, 0) is 139 Å². The van der Waals surface area contributed by atoms with Crippen LogP contribution in [0, 0.1) is 0 Å². The van der Waals surface area contributed by atoms with Crippen LogP contribution in [0.4, 0.5) is 0 Å². The monoisotopic (exact) mass is 1010 g/mol. The van der Waals surface area contributed by atoms with Crippen molar-refractivity contribution in [2.24, 2.45) is 0 Å². The largest absolute Gasteiger partial charge is 0.492 e. The smallest absolute Gasteiger partial charge is 0.127 e. The predicted octanol–water partition coefficient (Wildman–Crippen LogP) is 16.8. The summed E-state index contributed by atoms with van der Waals surface area (Å²) in [5.74, 6) is 2.80. The molecular weight excluding hydrogens is 969 g/mol. The third kappa shape index (κ3) is 10.3. The van der Waals surface area contributed by atoms with E-state index < -0.39 is 0 Å². The summed E-state index contributed by atoms with van der Waals surface area (Å²) < 4.78 is 25.7. The SMILES string of the molecule is SCCOc1ccc2cc(COCCc3cc(-c4cccs4)sc3-c3cccs3)ccc2c1-c1c(OCCS)ccc2cc(COCCc3cc(-c4cccs4)sc3-c3cccs3)ccc12. The molecule has 0 saturated heterocycles. The van der Waals surface area contributed by atoms with Crippen LogP contribution in [0.15, 0.2) is 143 Å². The van der Waals surface area contributed by atoms with Crippen molar-refractivity contribution < 1.29 is 18.9 Å². The van der Waals surface area contributed by atoms with Gasteiger partial charge in [0.15, 0.2) is 0 Å². The molecule has 0 spiro atoms. The highest BCUT2D eigenvalue weighted by Gasteiger charge is 2.21. The van der Waals surface area contributed by atoms with Gasteiger partial charge in [0, 0.05) is 61.6 Å². The number of ether oxygens (including phenoxy) is 4. The number of hydrogen-bond acceptors (Lipinski definition) is 12. The molecule has 334 valence electrons. The molecule has 0 aliphatic carbocycles. The number of benzene rings is 4. The molecule has 0 atom stereocenters. The van der Waals surface area contributed by atoms with Crippen molar-refractivity contribution in [1.82, 2.24) is 0 Å². The molecule has 0 unspecified atom stereocenters. The van der Waals surface area contributed by atoms with Crippen molar-refractivity contribution in [3.63, 3.8) is 0 Å². The Morgan fingerprint density at radius 2 is 0.833 bits per heavy atom. The van der Waals surface area contributed by atoms with E-state index in [0.717, 1.165) is 68.1 Å². The van der Waals surface area contributed by atoms with Crippen molar-refractivity contribution in [2.45, 2.75) is 26.1 Å². The summed E-state index contributed by atoms with van der Waals surface area (Å²) in [7, 11) is 0. The van der Waals surface area contributed by atoms with Crippen LogP contribution in [0.3, 0.4) is 0 Å². The van der Waals surface area contributed by atoms with E-state index in [2.05, 4.69) is 168 Å². The summed E-state index contributed by atoms with van der Waals surface area (Å²) in [6, 6.07) is 43.8. The van der Waals surface area contributed by atoms with Crippen LogP contribution in [0.1, 0.15) is 22.3 Å². The van der Waals surface area contributed by atoms with E-state index in [4.69, 9.17) is 18.9 Å². The Bertz CT molecular complexity index is 2910. The molecule has 12 heteroatoms. The van der Waals surface area contributed by atoms with E-state index in [1.165, 1.54) is 50.1 Å². The van der Waals surface area contributed by atoms with Gasteiger partial charge in [0.2, 0.25) is 0 Å². The van der Waals surface area contributed by atoms with E-state index in [-0.39, 0.29) is 0 Å². The van der Waals surface area contributed by atoms with Crippen LogP contribution < -0.4 is 9.47 Å². The Balaban J connectivity index is 0.884. The third-order valence-corrected chi connectivity index (χ3v) is 18.2. The lowest BCUT2D eigenvalue weighted by Crippen LogP contribution is -2.04. The van der Waals surface area contributed by atoms with Crippen molar-refractivity contribution in [3.8, 4) is 61.6 Å². The first-order chi connectivity index (χ1) is 32.6. The molecule has 0 saturated carbocycles. The Morgan fingerprint density at radius 3 is 1.23 bits per heavy atom. The Labute approximate surface area is 420 Å². The highest BCUT2D eigenvalue weighted by Crippen LogP contribution is 2.47. The minimum atomic E-state index is 0.481. The summed E-state index contributed by atoms with van der Waals surface area (Å²) >= 11 is 19.9. The molecule has 0 aliphatic heterocycles. The number of rotatable bonds is 21. The van der Waals surface area contributed by atoms with Gasteiger partial charge in [0.1, 0.15) is 11.5 Å². The summed E-state index contributed by atoms with van der Waals surface area (Å²) in [6.07, 6.45) is 1.71. The van der Waals surface area contributed by atoms with E-state index in [1.807, 2.05) is 22.7 Å². The molecule has 66 heavy (non-hydrogen) atoms. The molecule has 0 bridgehead atoms. The standard InChI is InChI=1S/C54H46O4S8/c59-23-21-57-43-15-11-37-29-35(33-55-19-17-39-31-49(45-5-1-25-61-45)65-53(39)47-7-3-27-63-47)9-13-41(37)51(43)52-42-14-10-36(30-38(42)12-16-44(52)58-22-24-60)34-56-20-18-40-32-50(46-6-2-26-62-46)66-54(40)48-8-4-28-64-48/h1-16,25-32,59-60H,17-24,33-34H2. The normalized spacial score (nSPS) is 11.6. The number of fused-ring (bicyclic) bond motifs is 2. The first kappa shape index (κ1) is 45.6. The van der Waals surface area contributed by atoms with E-state index in [9.17, 15) is 0 Å². The van der Waals surface area contributed by atoms with Gasteiger partial charge >= 0.3 is 0 Å². The topological polar surface area (TPSA) is 36.9 Å². The molecule has 4 nitrogen and oxygen atoms in total. The van der Waals surface area contributed by atoms with Gasteiger partial charge < -0.3 is 18.9 Å². The van der Waals surface area contributed by atoms with Crippen LogP contribution in [-0.2, 0) is 35.5 Å². The van der Waals surface area contributed by atoms with Crippen molar-refractivity contribution in [1.29, 1.82) is 0 Å². The zero-order valence-electron chi connectivity index (χ0n) is 35.9. The second-order valence-electron chi connectivity index (χ2n) is 15.6. The molecule has 0 fully saturated rings. The van der Waals surface area contributed by atoms with Crippen LogP contribution in [0.2, 0.25) is 0 Å². The lowest BCUT2D eigenvalue weighted by molar-refractivity contribution is 0.124. The zero-order valence-corrected chi connectivity index (χ0v) is 42.6. The third-order valence-electron chi connectivity index (χ3n) is 11.2. The summed E-state index contributed by atoms with van der Waals surface area (Å²) in [6.45, 7) is 3.28. The van der Waals surface area contributed by atoms with E-state index in [0.29, 0.717) is 51.1 Å². The Hall–Kier alpha value is -4.18. The molecule has 0 aliphatic rings. The first-order valence-corrected chi connectivity index (χ1v) is 28.2. The maximum Gasteiger partial charge on any atom is 0.127 e. The zero-order chi connectivity index (χ0) is 44.7. The Kier molecular flexibility index (Phi) is 15.1. The van der Waals surface area contributed by atoms with Gasteiger partial charge in [-0.3, -0.25) is 0 Å². The molecule has 6 heterocycles. The summed E-state index contributed by atoms with van der Waals surface area (Å²) in [4.78, 5) is 10.6. The number of hydrogen-bond donors (Lipinski definition) is 2. The minimum Gasteiger partial charge on any atom is -0.492 e. The quantitative estimate of drug-likeness (QED) is 0.0556. The van der Waals surface area contributed by atoms with Crippen molar-refractivity contribution >= 4 is 115 Å². The predicted molar refractivity (Wildman–Crippen MR) is 294 cm³/mol. The summed E-state index contributed by atoms with van der Waals surface area (Å²) in [5, 5.41) is 13.0. The van der Waals surface area contributed by atoms with Gasteiger partial charge in [-0.2, -0.15) is 25.3 Å². The molecule has 0 N–H and O–H groups in total. The van der Waals surface area contributed by atoms with Crippen molar-refractivity contribution in [3.05, 3.63) is 165 Å². The van der Waals surface area contributed by atoms with Gasteiger partial charge in [-0.25, -0.2) is 0 Å². The first-order valence-electron chi connectivity index (χ1n) is 21.8. The molecular formula is C54H46O4S8. The van der Waals surface area contributed by atoms with Gasteiger partial charge in [0.05, 0.1) is 39.6 Å². The molecule has 0 radical (unpaired) electrons. The highest BCUT2D eigenvalue weighted by atomic mass is 32.1. The fourth-order valence-corrected chi connectivity index (χ4v) is 14.3. The molecule has 0 amide bonds. The van der Waals surface area contributed by atoms with Gasteiger partial charge in [0.25, 0.3) is 0 Å². The van der Waals surface area contributed by atoms with E-state index >= 15 is 0 Å². The van der Waals surface area contributed by atoms with Crippen molar-refractivity contribution in [2.75, 3.05) is 37.9 Å². The molecule has 10 aromatic rings. The molecule has 4 aromatic carbocycles. The second kappa shape index (κ2) is 21.8. The minimum absolute atomic E-state index is 0.481. The fraction of sp³-hybridized carbons (Fsp3) is 0.185. The fourth-order valence-electron chi connectivity index (χ4n) is 8.25. The number of thiol groups is 2. The number of thiophene rings is 6. The lowest BCUT2D eigenvalue weighted by Gasteiger charge is -2.20. The molecule has 10 rings (SSSR count). The second-order valence-corrected chi connectivity index (χ2v) is 22.4. The maximum atomic E-state index is 6.46. The van der Waals surface area contributed by atoms with Crippen LogP contribution in [-0.4, -0.2) is 37.9 Å². The average Bonchev–Trinajstić information content (AvgIpc) is 4.20. The Morgan fingerprint density at radius 1 is 0.409 bits per heavy atom. The average molecular weight is 1020 g/mol. The van der Waals surface area contributed by atoms with Gasteiger partial charge in [-0.15, -0.1) is 68.0 Å². The van der Waals surface area contributed by atoms with Crippen LogP contribution in [0.5, 0.6) is 11.5 Å².